The number of aromatic nitrogens is 3. The minimum Gasteiger partial charge on any atom is -0.313 e. The Morgan fingerprint density at radius 1 is 1.41 bits per heavy atom. The van der Waals surface area contributed by atoms with Gasteiger partial charge < -0.3 is 5.32 Å². The molecule has 2 heterocycles. The molecule has 1 aliphatic carbocycles. The lowest BCUT2D eigenvalue weighted by Crippen LogP contribution is -2.13. The topological polar surface area (TPSA) is 42.2 Å². The maximum Gasteiger partial charge on any atom is 0.159 e. The van der Waals surface area contributed by atoms with Crippen LogP contribution >= 0.6 is 0 Å². The van der Waals surface area contributed by atoms with Crippen molar-refractivity contribution in [3.8, 4) is 0 Å². The summed E-state index contributed by atoms with van der Waals surface area (Å²) in [4.78, 5) is 4.57. The molecular formula is C13H18N4. The molecule has 2 aromatic heterocycles. The first-order valence-corrected chi connectivity index (χ1v) is 6.30. The molecule has 4 heteroatoms. The second-order valence-electron chi connectivity index (χ2n) is 4.89. The van der Waals surface area contributed by atoms with E-state index in [0.717, 1.165) is 11.2 Å². The third-order valence-corrected chi connectivity index (χ3v) is 3.88. The fourth-order valence-electron chi connectivity index (χ4n) is 2.32. The number of nitrogens with one attached hydrogen (secondary N) is 1. The Labute approximate surface area is 101 Å². The van der Waals surface area contributed by atoms with Crippen molar-refractivity contribution in [2.75, 3.05) is 7.05 Å². The second kappa shape index (κ2) is 4.11. The Hall–Kier alpha value is -1.42. The molecule has 1 N–H and O–H groups in total. The van der Waals surface area contributed by atoms with Crippen molar-refractivity contribution < 1.29 is 0 Å². The van der Waals surface area contributed by atoms with Crippen LogP contribution in [0.4, 0.5) is 0 Å². The Morgan fingerprint density at radius 2 is 2.24 bits per heavy atom. The third kappa shape index (κ3) is 1.72. The number of rotatable bonds is 3. The van der Waals surface area contributed by atoms with E-state index < -0.39 is 0 Å². The van der Waals surface area contributed by atoms with E-state index in [1.165, 1.54) is 24.8 Å². The van der Waals surface area contributed by atoms with Crippen LogP contribution in [0.2, 0.25) is 0 Å². The molecule has 1 saturated carbocycles. The molecule has 1 unspecified atom stereocenters. The molecule has 2 aromatic rings. The van der Waals surface area contributed by atoms with Gasteiger partial charge in [-0.2, -0.15) is 5.10 Å². The van der Waals surface area contributed by atoms with Gasteiger partial charge in [0.05, 0.1) is 6.20 Å². The molecule has 0 amide bonds. The van der Waals surface area contributed by atoms with E-state index in [4.69, 9.17) is 0 Å². The van der Waals surface area contributed by atoms with E-state index in [2.05, 4.69) is 28.5 Å². The molecule has 0 spiro atoms. The molecule has 0 aliphatic heterocycles. The van der Waals surface area contributed by atoms with Gasteiger partial charge in [-0.3, -0.25) is 0 Å². The fourth-order valence-corrected chi connectivity index (χ4v) is 2.32. The van der Waals surface area contributed by atoms with Gasteiger partial charge in [-0.1, -0.05) is 6.42 Å². The lowest BCUT2D eigenvalue weighted by atomic mass is 9.81. The highest BCUT2D eigenvalue weighted by molar-refractivity contribution is 5.48. The largest absolute Gasteiger partial charge is 0.313 e. The summed E-state index contributed by atoms with van der Waals surface area (Å²) in [6.45, 7) is 2.12. The van der Waals surface area contributed by atoms with Crippen molar-refractivity contribution in [1.82, 2.24) is 19.9 Å². The van der Waals surface area contributed by atoms with Gasteiger partial charge >= 0.3 is 0 Å². The molecule has 90 valence electrons. The summed E-state index contributed by atoms with van der Waals surface area (Å²) in [5, 5.41) is 7.63. The molecule has 17 heavy (non-hydrogen) atoms. The standard InChI is InChI=1S/C13H18N4/c1-9(14-2)12-7-16-17-8-11(6-15-13(12)17)10-4-3-5-10/h6-10,14H,3-5H2,1-2H3. The summed E-state index contributed by atoms with van der Waals surface area (Å²) in [6, 6.07) is 0.287. The average Bonchev–Trinajstić information content (AvgIpc) is 2.69. The van der Waals surface area contributed by atoms with Crippen molar-refractivity contribution in [2.24, 2.45) is 0 Å². The Bertz CT molecular complexity index is 527. The maximum absolute atomic E-state index is 4.57. The monoisotopic (exact) mass is 230 g/mol. The van der Waals surface area contributed by atoms with Gasteiger partial charge in [0.2, 0.25) is 0 Å². The van der Waals surface area contributed by atoms with Crippen LogP contribution in [0, 0.1) is 0 Å². The molecule has 1 atom stereocenters. The molecule has 0 bridgehead atoms. The van der Waals surface area contributed by atoms with Crippen LogP contribution in [-0.4, -0.2) is 21.6 Å². The van der Waals surface area contributed by atoms with Crippen molar-refractivity contribution in [2.45, 2.75) is 38.1 Å². The zero-order valence-electron chi connectivity index (χ0n) is 10.3. The van der Waals surface area contributed by atoms with Crippen molar-refractivity contribution in [1.29, 1.82) is 0 Å². The van der Waals surface area contributed by atoms with Gasteiger partial charge in [0.15, 0.2) is 5.65 Å². The molecule has 0 radical (unpaired) electrons. The molecule has 0 aromatic carbocycles. The lowest BCUT2D eigenvalue weighted by Gasteiger charge is -2.25. The lowest BCUT2D eigenvalue weighted by molar-refractivity contribution is 0.417. The third-order valence-electron chi connectivity index (χ3n) is 3.88. The molecule has 0 saturated heterocycles. The normalized spacial score (nSPS) is 18.2. The number of fused-ring (bicyclic) bond motifs is 1. The first-order valence-electron chi connectivity index (χ1n) is 6.30. The number of hydrogen-bond acceptors (Lipinski definition) is 3. The first kappa shape index (κ1) is 10.7. The maximum atomic E-state index is 4.57. The van der Waals surface area contributed by atoms with E-state index in [9.17, 15) is 0 Å². The van der Waals surface area contributed by atoms with Crippen molar-refractivity contribution >= 4 is 5.65 Å². The molecular weight excluding hydrogens is 212 g/mol. The highest BCUT2D eigenvalue weighted by Crippen LogP contribution is 2.36. The highest BCUT2D eigenvalue weighted by atomic mass is 15.2. The predicted octanol–water partition coefficient (Wildman–Crippen LogP) is 2.28. The van der Waals surface area contributed by atoms with Gasteiger partial charge in [0.25, 0.3) is 0 Å². The van der Waals surface area contributed by atoms with E-state index in [1.807, 2.05) is 24.0 Å². The van der Waals surface area contributed by atoms with Crippen LogP contribution in [0.1, 0.15) is 49.3 Å². The summed E-state index contributed by atoms with van der Waals surface area (Å²) in [6.07, 6.45) is 10.0. The van der Waals surface area contributed by atoms with Gasteiger partial charge in [-0.25, -0.2) is 9.50 Å². The van der Waals surface area contributed by atoms with E-state index in [0.29, 0.717) is 5.92 Å². The smallest absolute Gasteiger partial charge is 0.159 e. The zero-order valence-corrected chi connectivity index (χ0v) is 10.3. The summed E-state index contributed by atoms with van der Waals surface area (Å²) < 4.78 is 1.91. The van der Waals surface area contributed by atoms with Crippen LogP contribution in [0.15, 0.2) is 18.6 Å². The van der Waals surface area contributed by atoms with Gasteiger partial charge in [0.1, 0.15) is 0 Å². The first-order chi connectivity index (χ1) is 8.29. The Morgan fingerprint density at radius 3 is 2.88 bits per heavy atom. The van der Waals surface area contributed by atoms with Crippen molar-refractivity contribution in [3.05, 3.63) is 29.7 Å². The van der Waals surface area contributed by atoms with Crippen LogP contribution < -0.4 is 5.32 Å². The minimum atomic E-state index is 0.287. The predicted molar refractivity (Wildman–Crippen MR) is 67.1 cm³/mol. The molecule has 3 rings (SSSR count). The number of nitrogens with zero attached hydrogens (tertiary/aromatic N) is 3. The summed E-state index contributed by atoms with van der Waals surface area (Å²) in [5.41, 5.74) is 3.46. The Balaban J connectivity index is 2.01. The van der Waals surface area contributed by atoms with Crippen molar-refractivity contribution in [3.63, 3.8) is 0 Å². The van der Waals surface area contributed by atoms with Gasteiger partial charge in [-0.15, -0.1) is 0 Å². The zero-order chi connectivity index (χ0) is 11.8. The summed E-state index contributed by atoms with van der Waals surface area (Å²) in [7, 11) is 1.96. The van der Waals surface area contributed by atoms with Crippen LogP contribution in [0.3, 0.4) is 0 Å². The van der Waals surface area contributed by atoms with Crippen LogP contribution in [0.5, 0.6) is 0 Å². The van der Waals surface area contributed by atoms with Gasteiger partial charge in [-0.05, 0) is 38.3 Å². The average molecular weight is 230 g/mol. The van der Waals surface area contributed by atoms with Crippen LogP contribution in [0.25, 0.3) is 5.65 Å². The summed E-state index contributed by atoms with van der Waals surface area (Å²) >= 11 is 0. The SMILES string of the molecule is CNC(C)c1cnn2cc(C3CCC3)cnc12. The Kier molecular flexibility index (Phi) is 2.59. The molecule has 4 nitrogen and oxygen atoms in total. The molecule has 1 aliphatic rings. The molecule has 1 fully saturated rings. The minimum absolute atomic E-state index is 0.287. The van der Waals surface area contributed by atoms with Gasteiger partial charge in [0, 0.05) is 24.0 Å². The summed E-state index contributed by atoms with van der Waals surface area (Å²) in [5.74, 6) is 0.710. The highest BCUT2D eigenvalue weighted by Gasteiger charge is 2.21. The van der Waals surface area contributed by atoms with E-state index in [1.54, 1.807) is 0 Å². The fraction of sp³-hybridized carbons (Fsp3) is 0.538. The van der Waals surface area contributed by atoms with E-state index >= 15 is 0 Å². The van der Waals surface area contributed by atoms with E-state index in [-0.39, 0.29) is 6.04 Å². The number of hydrogen-bond donors (Lipinski definition) is 1. The quantitative estimate of drug-likeness (QED) is 0.879. The van der Waals surface area contributed by atoms with Crippen LogP contribution in [-0.2, 0) is 0 Å². The second-order valence-corrected chi connectivity index (χ2v) is 4.89.